The molecule has 2 atom stereocenters. The molecule has 1 N–H and O–H groups in total. The number of carbonyl (C=O) groups is 1. The minimum Gasteiger partial charge on any atom is -0.351 e. The van der Waals surface area contributed by atoms with Crippen LogP contribution in [0.5, 0.6) is 0 Å². The van der Waals surface area contributed by atoms with Crippen molar-refractivity contribution >= 4 is 35.3 Å². The van der Waals surface area contributed by atoms with Gasteiger partial charge in [-0.1, -0.05) is 36.4 Å². The largest absolute Gasteiger partial charge is 0.351 e. The van der Waals surface area contributed by atoms with Crippen LogP contribution in [0.25, 0.3) is 0 Å². The Hall–Kier alpha value is -2.74. The molecule has 6 nitrogen and oxygen atoms in total. The molecule has 2 unspecified atom stereocenters. The number of amides is 1. The van der Waals surface area contributed by atoms with E-state index in [4.69, 9.17) is 0 Å². The number of nitrogens with zero attached hydrogens (tertiary/aromatic N) is 2. The molecule has 1 aromatic heterocycles. The zero-order valence-corrected chi connectivity index (χ0v) is 18.7. The summed E-state index contributed by atoms with van der Waals surface area (Å²) in [4.78, 5) is 26.8. The second kappa shape index (κ2) is 10.0. The molecule has 2 aromatic carbocycles. The highest BCUT2D eigenvalue weighted by Gasteiger charge is 2.33. The van der Waals surface area contributed by atoms with Gasteiger partial charge in [0.25, 0.3) is 11.6 Å². The van der Waals surface area contributed by atoms with Gasteiger partial charge in [-0.05, 0) is 42.0 Å². The van der Waals surface area contributed by atoms with E-state index in [1.54, 1.807) is 17.4 Å². The van der Waals surface area contributed by atoms with Crippen LogP contribution in [0.2, 0.25) is 0 Å². The molecule has 2 heterocycles. The number of hydrogen-bond donors (Lipinski definition) is 1. The Morgan fingerprint density at radius 1 is 1.19 bits per heavy atom. The molecule has 31 heavy (non-hydrogen) atoms. The molecule has 4 rings (SSSR count). The maximum atomic E-state index is 12.5. The van der Waals surface area contributed by atoms with Crippen LogP contribution in [0, 0.1) is 10.1 Å². The molecule has 162 valence electrons. The quantitative estimate of drug-likeness (QED) is 0.424. The van der Waals surface area contributed by atoms with Crippen LogP contribution in [0.3, 0.4) is 0 Å². The Labute approximate surface area is 191 Å². The fraction of sp³-hybridized carbons (Fsp3) is 0.261. The molecular weight excluding hydrogens is 434 g/mol. The third kappa shape index (κ3) is 4.95. The summed E-state index contributed by atoms with van der Waals surface area (Å²) in [6, 6.07) is 19.0. The van der Waals surface area contributed by atoms with Crippen molar-refractivity contribution in [2.75, 3.05) is 13.1 Å². The minimum absolute atomic E-state index is 0. The first-order valence-corrected chi connectivity index (χ1v) is 10.8. The van der Waals surface area contributed by atoms with Crippen LogP contribution in [0.4, 0.5) is 5.69 Å². The number of benzene rings is 2. The molecule has 0 saturated carbocycles. The van der Waals surface area contributed by atoms with Gasteiger partial charge in [0.05, 0.1) is 11.0 Å². The molecule has 1 aliphatic rings. The highest BCUT2D eigenvalue weighted by Crippen LogP contribution is 2.40. The molecule has 8 heteroatoms. The van der Waals surface area contributed by atoms with Crippen molar-refractivity contribution < 1.29 is 9.72 Å². The van der Waals surface area contributed by atoms with Crippen molar-refractivity contribution in [2.45, 2.75) is 25.4 Å². The number of hydrogen-bond acceptors (Lipinski definition) is 5. The van der Waals surface area contributed by atoms with Gasteiger partial charge in [0.2, 0.25) is 0 Å². The number of halogens is 1. The lowest BCUT2D eigenvalue weighted by atomic mass is 9.91. The van der Waals surface area contributed by atoms with Crippen molar-refractivity contribution in [3.05, 3.63) is 97.7 Å². The van der Waals surface area contributed by atoms with Crippen LogP contribution < -0.4 is 5.32 Å². The summed E-state index contributed by atoms with van der Waals surface area (Å²) in [5.41, 5.74) is 2.87. The van der Waals surface area contributed by atoms with Crippen LogP contribution in [-0.4, -0.2) is 34.9 Å². The molecule has 0 saturated heterocycles. The van der Waals surface area contributed by atoms with E-state index >= 15 is 0 Å². The first-order valence-electron chi connectivity index (χ1n) is 9.94. The van der Waals surface area contributed by atoms with Crippen LogP contribution in [0.1, 0.15) is 39.3 Å². The molecule has 1 amide bonds. The van der Waals surface area contributed by atoms with Gasteiger partial charge in [0, 0.05) is 41.7 Å². The van der Waals surface area contributed by atoms with Crippen LogP contribution in [-0.2, 0) is 6.42 Å². The molecule has 3 aromatic rings. The highest BCUT2D eigenvalue weighted by molar-refractivity contribution is 7.10. The van der Waals surface area contributed by atoms with E-state index in [1.165, 1.54) is 34.2 Å². The van der Waals surface area contributed by atoms with E-state index in [2.05, 4.69) is 52.9 Å². The third-order valence-corrected chi connectivity index (χ3v) is 6.54. The second-order valence-corrected chi connectivity index (χ2v) is 8.43. The summed E-state index contributed by atoms with van der Waals surface area (Å²) in [5.74, 6) is -0.295. The van der Waals surface area contributed by atoms with Gasteiger partial charge < -0.3 is 5.32 Å². The maximum Gasteiger partial charge on any atom is 0.270 e. The van der Waals surface area contributed by atoms with E-state index in [0.717, 1.165) is 6.42 Å². The van der Waals surface area contributed by atoms with Gasteiger partial charge in [-0.15, -0.1) is 23.7 Å². The van der Waals surface area contributed by atoms with Crippen LogP contribution in [0.15, 0.2) is 66.0 Å². The lowest BCUT2D eigenvalue weighted by molar-refractivity contribution is -0.384. The first kappa shape index (κ1) is 22.9. The molecular formula is C23H24ClN3O3S. The molecule has 0 aliphatic carbocycles. The monoisotopic (exact) mass is 457 g/mol. The highest BCUT2D eigenvalue weighted by atomic mass is 35.5. The molecule has 0 spiro atoms. The van der Waals surface area contributed by atoms with Crippen molar-refractivity contribution in [3.8, 4) is 0 Å². The van der Waals surface area contributed by atoms with Crippen molar-refractivity contribution in [1.29, 1.82) is 0 Å². The SMILES string of the molecule is CC1Cc2ccsc2C(c2ccccc2)N1CCNC(=O)c1cccc([N+](=O)[O-])c1.Cl. The normalized spacial score (nSPS) is 18.0. The van der Waals surface area contributed by atoms with E-state index in [0.29, 0.717) is 24.7 Å². The number of fused-ring (bicyclic) bond motifs is 1. The fourth-order valence-corrected chi connectivity index (χ4v) is 5.17. The Morgan fingerprint density at radius 2 is 1.97 bits per heavy atom. The predicted molar refractivity (Wildman–Crippen MR) is 125 cm³/mol. The summed E-state index contributed by atoms with van der Waals surface area (Å²) in [6.07, 6.45) is 0.987. The van der Waals surface area contributed by atoms with E-state index in [9.17, 15) is 14.9 Å². The van der Waals surface area contributed by atoms with E-state index in [1.807, 2.05) is 6.07 Å². The molecule has 0 bridgehead atoms. The third-order valence-electron chi connectivity index (χ3n) is 5.53. The Bertz CT molecular complexity index is 1060. The fourth-order valence-electron chi connectivity index (χ4n) is 4.09. The van der Waals surface area contributed by atoms with Gasteiger partial charge in [-0.25, -0.2) is 0 Å². The zero-order valence-electron chi connectivity index (χ0n) is 17.1. The average molecular weight is 458 g/mol. The second-order valence-electron chi connectivity index (χ2n) is 7.48. The lowest BCUT2D eigenvalue weighted by Gasteiger charge is -2.41. The van der Waals surface area contributed by atoms with Crippen molar-refractivity contribution in [2.24, 2.45) is 0 Å². The summed E-state index contributed by atoms with van der Waals surface area (Å²) >= 11 is 1.78. The number of non-ortho nitro benzene ring substituents is 1. The Morgan fingerprint density at radius 3 is 2.71 bits per heavy atom. The Kier molecular flexibility index (Phi) is 7.43. The number of nitrogens with one attached hydrogen (secondary N) is 1. The number of carbonyl (C=O) groups excluding carboxylic acids is 1. The summed E-state index contributed by atoms with van der Waals surface area (Å²) in [7, 11) is 0. The van der Waals surface area contributed by atoms with Gasteiger partial charge in [-0.2, -0.15) is 0 Å². The van der Waals surface area contributed by atoms with Gasteiger partial charge in [0.1, 0.15) is 0 Å². The predicted octanol–water partition coefficient (Wildman–Crippen LogP) is 4.84. The molecule has 0 fully saturated rings. The standard InChI is InChI=1S/C23H23N3O3S.ClH/c1-16-14-18-10-13-30-22(18)21(17-6-3-2-4-7-17)25(16)12-11-24-23(27)19-8-5-9-20(15-19)26(28)29;/h2-10,13,15-16,21H,11-12,14H2,1H3,(H,24,27);1H. The summed E-state index contributed by atoms with van der Waals surface area (Å²) < 4.78 is 0. The number of thiophene rings is 1. The average Bonchev–Trinajstić information content (AvgIpc) is 3.22. The Balaban J connectivity index is 0.00000272. The summed E-state index contributed by atoms with van der Waals surface area (Å²) in [6.45, 7) is 3.38. The number of nitro benzene ring substituents is 1. The van der Waals surface area contributed by atoms with Crippen LogP contribution >= 0.6 is 23.7 Å². The topological polar surface area (TPSA) is 75.5 Å². The maximum absolute atomic E-state index is 12.5. The summed E-state index contributed by atoms with van der Waals surface area (Å²) in [5, 5.41) is 16.0. The van der Waals surface area contributed by atoms with Crippen molar-refractivity contribution in [1.82, 2.24) is 10.2 Å². The van der Waals surface area contributed by atoms with Gasteiger partial charge in [0.15, 0.2) is 0 Å². The van der Waals surface area contributed by atoms with E-state index in [-0.39, 0.29) is 30.0 Å². The number of nitro groups is 1. The first-order chi connectivity index (χ1) is 14.5. The number of rotatable bonds is 6. The van der Waals surface area contributed by atoms with Gasteiger partial charge >= 0.3 is 0 Å². The van der Waals surface area contributed by atoms with Gasteiger partial charge in [-0.3, -0.25) is 19.8 Å². The molecule has 1 aliphatic heterocycles. The minimum atomic E-state index is -0.491. The van der Waals surface area contributed by atoms with E-state index < -0.39 is 4.92 Å². The lowest BCUT2D eigenvalue weighted by Crippen LogP contribution is -2.45. The zero-order chi connectivity index (χ0) is 21.1. The smallest absolute Gasteiger partial charge is 0.270 e. The molecule has 0 radical (unpaired) electrons. The van der Waals surface area contributed by atoms with Crippen molar-refractivity contribution in [3.63, 3.8) is 0 Å².